The monoisotopic (exact) mass is 385 g/mol. The first kappa shape index (κ1) is 21.0. The molecule has 1 aromatic rings. The molecule has 0 amide bonds. The van der Waals surface area contributed by atoms with Gasteiger partial charge < -0.3 is 14.0 Å². The van der Waals surface area contributed by atoms with E-state index in [1.54, 1.807) is 6.92 Å². The highest BCUT2D eigenvalue weighted by Gasteiger charge is 2.52. The molecule has 2 heterocycles. The van der Waals surface area contributed by atoms with Crippen LogP contribution in [0.15, 0.2) is 12.3 Å². The summed E-state index contributed by atoms with van der Waals surface area (Å²) in [6.45, 7) is 12.9. The van der Waals surface area contributed by atoms with E-state index in [0.29, 0.717) is 5.46 Å². The molecule has 1 aliphatic rings. The minimum Gasteiger partial charge on any atom is -0.464 e. The summed E-state index contributed by atoms with van der Waals surface area (Å²) in [5.41, 5.74) is -0.752. The van der Waals surface area contributed by atoms with Crippen molar-refractivity contribution >= 4 is 28.6 Å². The van der Waals surface area contributed by atoms with Crippen molar-refractivity contribution < 1.29 is 27.3 Å². The van der Waals surface area contributed by atoms with Crippen LogP contribution in [0.25, 0.3) is 0 Å². The maximum Gasteiger partial charge on any atom is 0.496 e. The Bertz CT molecular complexity index is 780. The largest absolute Gasteiger partial charge is 0.496 e. The molecule has 26 heavy (non-hydrogen) atoms. The Morgan fingerprint density at radius 1 is 1.15 bits per heavy atom. The van der Waals surface area contributed by atoms with E-state index in [4.69, 9.17) is 14.0 Å². The summed E-state index contributed by atoms with van der Waals surface area (Å²) in [4.78, 5) is 12.2. The van der Waals surface area contributed by atoms with Gasteiger partial charge in [0.1, 0.15) is 5.69 Å². The molecule has 0 aliphatic carbocycles. The summed E-state index contributed by atoms with van der Waals surface area (Å²) in [7, 11) is -3.34. The van der Waals surface area contributed by atoms with Crippen molar-refractivity contribution in [3.05, 3.63) is 18.0 Å². The van der Waals surface area contributed by atoms with Crippen LogP contribution in [0.1, 0.15) is 59.0 Å². The Morgan fingerprint density at radius 3 is 2.08 bits per heavy atom. The maximum absolute atomic E-state index is 13.0. The van der Waals surface area contributed by atoms with Gasteiger partial charge in [-0.1, -0.05) is 13.8 Å². The molecule has 0 radical (unpaired) electrons. The fraction of sp³-hybridized carbons (Fsp3) is 0.706. The first-order valence-electron chi connectivity index (χ1n) is 8.65. The molecule has 0 aromatic carbocycles. The number of methoxy groups -OCH3 is 1. The van der Waals surface area contributed by atoms with Crippen LogP contribution in [0.3, 0.4) is 0 Å². The normalized spacial score (nSPS) is 20.4. The van der Waals surface area contributed by atoms with Crippen LogP contribution in [0, 0.1) is 5.92 Å². The van der Waals surface area contributed by atoms with Gasteiger partial charge in [0.25, 0.3) is 0 Å². The van der Waals surface area contributed by atoms with Crippen LogP contribution in [-0.4, -0.2) is 49.0 Å². The molecule has 9 heteroatoms. The molecule has 0 spiro atoms. The van der Waals surface area contributed by atoms with Gasteiger partial charge in [0, 0.05) is 11.7 Å². The van der Waals surface area contributed by atoms with Crippen LogP contribution in [0.5, 0.6) is 0 Å². The summed E-state index contributed by atoms with van der Waals surface area (Å²) in [6.07, 6.45) is 1.39. The Balaban J connectivity index is 2.54. The second-order valence-electron chi connectivity index (χ2n) is 8.03. The van der Waals surface area contributed by atoms with Gasteiger partial charge in [-0.25, -0.2) is 17.2 Å². The third-order valence-electron chi connectivity index (χ3n) is 5.41. The molecule has 0 saturated carbocycles. The molecule has 1 unspecified atom stereocenters. The molecule has 2 rings (SSSR count). The second kappa shape index (κ2) is 6.69. The van der Waals surface area contributed by atoms with Crippen molar-refractivity contribution in [1.82, 2.24) is 3.97 Å². The Hall–Kier alpha value is -1.32. The van der Waals surface area contributed by atoms with Gasteiger partial charge in [-0.15, -0.1) is 0 Å². The lowest BCUT2D eigenvalue weighted by Crippen LogP contribution is -2.41. The summed E-state index contributed by atoms with van der Waals surface area (Å²) in [6, 6.07) is 1.46. The SMILES string of the molecule is COC(=O)c1cc(B2OC(C)(C)C(C)(C)O2)cn1S(=O)(=O)C(C)C(C)C. The highest BCUT2D eigenvalue weighted by molar-refractivity contribution is 7.90. The summed E-state index contributed by atoms with van der Waals surface area (Å²) >= 11 is 0. The van der Waals surface area contributed by atoms with Crippen LogP contribution < -0.4 is 5.46 Å². The highest BCUT2D eigenvalue weighted by Crippen LogP contribution is 2.36. The molecular formula is C17H28BNO6S. The van der Waals surface area contributed by atoms with E-state index in [-0.39, 0.29) is 11.6 Å². The first-order chi connectivity index (χ1) is 11.7. The first-order valence-corrected chi connectivity index (χ1v) is 10.2. The Kier molecular flexibility index (Phi) is 5.40. The van der Waals surface area contributed by atoms with Crippen molar-refractivity contribution in [3.63, 3.8) is 0 Å². The number of hydrogen-bond donors (Lipinski definition) is 0. The number of hydrogen-bond acceptors (Lipinski definition) is 6. The number of aromatic nitrogens is 1. The van der Waals surface area contributed by atoms with E-state index in [1.165, 1.54) is 19.4 Å². The molecule has 1 fully saturated rings. The molecule has 1 aromatic heterocycles. The van der Waals surface area contributed by atoms with E-state index >= 15 is 0 Å². The lowest BCUT2D eigenvalue weighted by atomic mass is 9.81. The zero-order chi connectivity index (χ0) is 20.1. The molecule has 1 saturated heterocycles. The highest BCUT2D eigenvalue weighted by atomic mass is 32.2. The fourth-order valence-corrected chi connectivity index (χ4v) is 4.27. The van der Waals surface area contributed by atoms with E-state index in [1.807, 2.05) is 41.5 Å². The molecule has 0 bridgehead atoms. The number of ether oxygens (including phenoxy) is 1. The summed E-state index contributed by atoms with van der Waals surface area (Å²) < 4.78 is 43.6. The maximum atomic E-state index is 13.0. The van der Waals surface area contributed by atoms with Gasteiger partial charge in [-0.3, -0.25) is 0 Å². The zero-order valence-corrected chi connectivity index (χ0v) is 17.5. The van der Waals surface area contributed by atoms with E-state index in [2.05, 4.69) is 0 Å². The number of nitrogens with zero attached hydrogens (tertiary/aromatic N) is 1. The number of rotatable bonds is 5. The van der Waals surface area contributed by atoms with Gasteiger partial charge in [-0.2, -0.15) is 0 Å². The van der Waals surface area contributed by atoms with Crippen molar-refractivity contribution in [1.29, 1.82) is 0 Å². The lowest BCUT2D eigenvalue weighted by molar-refractivity contribution is 0.00578. The smallest absolute Gasteiger partial charge is 0.464 e. The standard InChI is InChI=1S/C17H28BNO6S/c1-11(2)12(3)26(21,22)19-10-13(9-14(19)15(20)23-8)18-24-16(4,5)17(6,7)25-18/h9-12H,1-8H3. The quantitative estimate of drug-likeness (QED) is 0.568. The van der Waals surface area contributed by atoms with Crippen LogP contribution in [0.4, 0.5) is 0 Å². The molecule has 7 nitrogen and oxygen atoms in total. The van der Waals surface area contributed by atoms with Crippen LogP contribution in [0.2, 0.25) is 0 Å². The average Bonchev–Trinajstić information content (AvgIpc) is 3.05. The predicted octanol–water partition coefficient (Wildman–Crippen LogP) is 1.80. The molecule has 0 N–H and O–H groups in total. The van der Waals surface area contributed by atoms with Crippen molar-refractivity contribution in [3.8, 4) is 0 Å². The lowest BCUT2D eigenvalue weighted by Gasteiger charge is -2.32. The number of carbonyl (C=O) groups excluding carboxylic acids is 1. The van der Waals surface area contributed by atoms with Gasteiger partial charge in [0.2, 0.25) is 10.0 Å². The van der Waals surface area contributed by atoms with Crippen molar-refractivity contribution in [2.45, 2.75) is 64.9 Å². The Labute approximate surface area is 156 Å². The molecule has 1 atom stereocenters. The minimum absolute atomic E-state index is 0.0651. The third-order valence-corrected chi connectivity index (χ3v) is 7.74. The van der Waals surface area contributed by atoms with Gasteiger partial charge >= 0.3 is 13.1 Å². The fourth-order valence-electron chi connectivity index (χ4n) is 2.56. The summed E-state index contributed by atoms with van der Waals surface area (Å²) in [5.74, 6) is -0.847. The minimum atomic E-state index is -3.79. The predicted molar refractivity (Wildman–Crippen MR) is 100 cm³/mol. The van der Waals surface area contributed by atoms with Gasteiger partial charge in [0.05, 0.1) is 23.6 Å². The molecule has 1 aliphatic heterocycles. The molecular weight excluding hydrogens is 357 g/mol. The Morgan fingerprint density at radius 2 is 1.65 bits per heavy atom. The van der Waals surface area contributed by atoms with Crippen LogP contribution >= 0.6 is 0 Å². The molecule has 146 valence electrons. The third kappa shape index (κ3) is 3.44. The topological polar surface area (TPSA) is 83.8 Å². The number of esters is 1. The second-order valence-corrected chi connectivity index (χ2v) is 10.2. The number of carbonyl (C=O) groups is 1. The van der Waals surface area contributed by atoms with Crippen molar-refractivity contribution in [2.75, 3.05) is 7.11 Å². The zero-order valence-electron chi connectivity index (χ0n) is 16.7. The van der Waals surface area contributed by atoms with Crippen molar-refractivity contribution in [2.24, 2.45) is 5.92 Å². The van der Waals surface area contributed by atoms with E-state index in [9.17, 15) is 13.2 Å². The van der Waals surface area contributed by atoms with Gasteiger partial charge in [0.15, 0.2) is 0 Å². The van der Waals surface area contributed by atoms with E-state index in [0.717, 1.165) is 3.97 Å². The average molecular weight is 385 g/mol. The summed E-state index contributed by atoms with van der Waals surface area (Å²) in [5, 5.41) is -0.676. The van der Waals surface area contributed by atoms with Gasteiger partial charge in [-0.05, 0) is 46.6 Å². The van der Waals surface area contributed by atoms with Crippen LogP contribution in [-0.2, 0) is 24.1 Å². The van der Waals surface area contributed by atoms with E-state index < -0.39 is 39.6 Å².